The second kappa shape index (κ2) is 7.36. The summed E-state index contributed by atoms with van der Waals surface area (Å²) >= 11 is 0. The minimum Gasteiger partial charge on any atom is -0.485 e. The van der Waals surface area contributed by atoms with Crippen molar-refractivity contribution in [2.24, 2.45) is 0 Å². The first kappa shape index (κ1) is 15.7. The molecule has 1 atom stereocenters. The van der Waals surface area contributed by atoms with E-state index in [0.717, 1.165) is 0 Å². The van der Waals surface area contributed by atoms with Gasteiger partial charge in [0.15, 0.2) is 18.1 Å². The van der Waals surface area contributed by atoms with Gasteiger partial charge in [0.05, 0.1) is 0 Å². The van der Waals surface area contributed by atoms with Crippen LogP contribution in [0.25, 0.3) is 0 Å². The summed E-state index contributed by atoms with van der Waals surface area (Å²) in [6.45, 7) is -0.144. The van der Waals surface area contributed by atoms with Crippen molar-refractivity contribution in [2.45, 2.75) is 6.10 Å². The Morgan fingerprint density at radius 2 is 1.71 bits per heavy atom. The molecule has 2 amide bonds. The maximum absolute atomic E-state index is 12.0. The highest BCUT2D eigenvalue weighted by Crippen LogP contribution is 2.30. The van der Waals surface area contributed by atoms with Gasteiger partial charge < -0.3 is 14.2 Å². The van der Waals surface area contributed by atoms with Crippen molar-refractivity contribution >= 4 is 11.8 Å². The van der Waals surface area contributed by atoms with Gasteiger partial charge in [0.25, 0.3) is 11.8 Å². The van der Waals surface area contributed by atoms with E-state index in [1.54, 1.807) is 42.5 Å². The molecule has 0 unspecified atom stereocenters. The molecule has 2 aromatic rings. The van der Waals surface area contributed by atoms with Crippen molar-refractivity contribution in [3.05, 3.63) is 54.6 Å². The van der Waals surface area contributed by atoms with Crippen LogP contribution in [0.2, 0.25) is 0 Å². The Hall–Kier alpha value is -3.22. The highest BCUT2D eigenvalue weighted by atomic mass is 16.6. The summed E-state index contributed by atoms with van der Waals surface area (Å²) < 4.78 is 16.3. The molecule has 0 radical (unpaired) electrons. The summed E-state index contributed by atoms with van der Waals surface area (Å²) in [5.74, 6) is 0.658. The number of nitrogens with one attached hydrogen (secondary N) is 2. The average molecular weight is 328 g/mol. The van der Waals surface area contributed by atoms with Gasteiger partial charge in [-0.3, -0.25) is 20.4 Å². The van der Waals surface area contributed by atoms with Gasteiger partial charge in [-0.25, -0.2) is 0 Å². The van der Waals surface area contributed by atoms with Gasteiger partial charge in [-0.05, 0) is 24.3 Å². The van der Waals surface area contributed by atoms with Crippen LogP contribution in [0.15, 0.2) is 54.6 Å². The van der Waals surface area contributed by atoms with Gasteiger partial charge in [-0.15, -0.1) is 0 Å². The molecule has 1 aliphatic heterocycles. The summed E-state index contributed by atoms with van der Waals surface area (Å²) in [6.07, 6.45) is -0.838. The van der Waals surface area contributed by atoms with E-state index in [1.807, 2.05) is 12.1 Å². The van der Waals surface area contributed by atoms with Crippen molar-refractivity contribution in [3.63, 3.8) is 0 Å². The molecule has 2 N–H and O–H groups in total. The van der Waals surface area contributed by atoms with E-state index in [2.05, 4.69) is 10.9 Å². The van der Waals surface area contributed by atoms with Gasteiger partial charge in [0.1, 0.15) is 12.4 Å². The maximum Gasteiger partial charge on any atom is 0.283 e. The van der Waals surface area contributed by atoms with Crippen LogP contribution in [-0.2, 0) is 9.59 Å². The number of carbonyl (C=O) groups is 2. The number of hydrazine groups is 1. The molecule has 2 aromatic carbocycles. The van der Waals surface area contributed by atoms with E-state index in [-0.39, 0.29) is 13.2 Å². The van der Waals surface area contributed by atoms with Crippen LogP contribution in [0.3, 0.4) is 0 Å². The van der Waals surface area contributed by atoms with E-state index in [4.69, 9.17) is 14.2 Å². The summed E-state index contributed by atoms with van der Waals surface area (Å²) in [5, 5.41) is 0. The Balaban J connectivity index is 1.43. The average Bonchev–Trinajstić information content (AvgIpc) is 2.65. The van der Waals surface area contributed by atoms with Crippen molar-refractivity contribution in [2.75, 3.05) is 13.2 Å². The Bertz CT molecular complexity index is 720. The lowest BCUT2D eigenvalue weighted by Crippen LogP contribution is -2.51. The minimum atomic E-state index is -0.838. The van der Waals surface area contributed by atoms with E-state index < -0.39 is 17.9 Å². The molecule has 3 rings (SSSR count). The van der Waals surface area contributed by atoms with Crippen molar-refractivity contribution in [1.82, 2.24) is 10.9 Å². The predicted molar refractivity (Wildman–Crippen MR) is 84.6 cm³/mol. The summed E-state index contributed by atoms with van der Waals surface area (Å²) in [6, 6.07) is 16.0. The van der Waals surface area contributed by atoms with E-state index in [0.29, 0.717) is 17.2 Å². The standard InChI is InChI=1S/C17H16N2O5/c20-16(11-22-12-6-2-1-3-7-12)18-19-17(21)15-10-23-13-8-4-5-9-14(13)24-15/h1-9,15H,10-11H2,(H,18,20)(H,19,21)/t15-/m1/s1. The van der Waals surface area contributed by atoms with Crippen molar-refractivity contribution in [1.29, 1.82) is 0 Å². The largest absolute Gasteiger partial charge is 0.485 e. The molecule has 0 fully saturated rings. The molecule has 7 heteroatoms. The molecule has 24 heavy (non-hydrogen) atoms. The second-order valence-electron chi connectivity index (χ2n) is 5.00. The maximum atomic E-state index is 12.0. The Labute approximate surface area is 138 Å². The minimum absolute atomic E-state index is 0.0687. The lowest BCUT2D eigenvalue weighted by Gasteiger charge is -2.25. The molecule has 1 heterocycles. The molecule has 0 saturated carbocycles. The summed E-state index contributed by atoms with van der Waals surface area (Å²) in [5.41, 5.74) is 4.57. The van der Waals surface area contributed by atoms with E-state index in [9.17, 15) is 9.59 Å². The third kappa shape index (κ3) is 3.95. The lowest BCUT2D eigenvalue weighted by molar-refractivity contribution is -0.135. The van der Waals surface area contributed by atoms with Crippen LogP contribution in [0.1, 0.15) is 0 Å². The van der Waals surface area contributed by atoms with Gasteiger partial charge in [0.2, 0.25) is 6.10 Å². The van der Waals surface area contributed by atoms with Gasteiger partial charge in [-0.1, -0.05) is 30.3 Å². The normalized spacial score (nSPS) is 15.2. The molecule has 7 nitrogen and oxygen atoms in total. The number of carbonyl (C=O) groups excluding carboxylic acids is 2. The highest BCUT2D eigenvalue weighted by Gasteiger charge is 2.27. The zero-order valence-electron chi connectivity index (χ0n) is 12.7. The highest BCUT2D eigenvalue weighted by molar-refractivity contribution is 5.85. The molecule has 0 aromatic heterocycles. The Morgan fingerprint density at radius 3 is 2.50 bits per heavy atom. The SMILES string of the molecule is O=C(COc1ccccc1)NNC(=O)[C@H]1COc2ccccc2O1. The molecule has 1 aliphatic rings. The Morgan fingerprint density at radius 1 is 1.00 bits per heavy atom. The number of rotatable bonds is 4. The van der Waals surface area contributed by atoms with Crippen LogP contribution in [-0.4, -0.2) is 31.1 Å². The lowest BCUT2D eigenvalue weighted by atomic mass is 10.2. The van der Waals surface area contributed by atoms with Crippen molar-refractivity contribution < 1.29 is 23.8 Å². The first-order valence-corrected chi connectivity index (χ1v) is 7.37. The third-order valence-corrected chi connectivity index (χ3v) is 3.24. The molecule has 0 bridgehead atoms. The number of benzene rings is 2. The number of hydrogen-bond donors (Lipinski definition) is 2. The number of fused-ring (bicyclic) bond motifs is 1. The predicted octanol–water partition coefficient (Wildman–Crippen LogP) is 1.05. The second-order valence-corrected chi connectivity index (χ2v) is 5.00. The zero-order chi connectivity index (χ0) is 16.8. The monoisotopic (exact) mass is 328 g/mol. The van der Waals surface area contributed by atoms with Crippen LogP contribution in [0.5, 0.6) is 17.2 Å². The van der Waals surface area contributed by atoms with Crippen molar-refractivity contribution in [3.8, 4) is 17.2 Å². The fourth-order valence-electron chi connectivity index (χ4n) is 2.06. The van der Waals surface area contributed by atoms with Gasteiger partial charge in [0, 0.05) is 0 Å². The summed E-state index contributed by atoms with van der Waals surface area (Å²) in [4.78, 5) is 23.7. The fraction of sp³-hybridized carbons (Fsp3) is 0.176. The van der Waals surface area contributed by atoms with Crippen LogP contribution in [0.4, 0.5) is 0 Å². The molecule has 124 valence electrons. The molecular formula is C17H16N2O5. The first-order chi connectivity index (χ1) is 11.7. The quantitative estimate of drug-likeness (QED) is 0.820. The molecular weight excluding hydrogens is 312 g/mol. The Kier molecular flexibility index (Phi) is 4.81. The number of para-hydroxylation sites is 3. The van der Waals surface area contributed by atoms with Crippen LogP contribution in [0, 0.1) is 0 Å². The molecule has 0 saturated heterocycles. The zero-order valence-corrected chi connectivity index (χ0v) is 12.7. The van der Waals surface area contributed by atoms with Crippen LogP contribution < -0.4 is 25.1 Å². The molecule has 0 spiro atoms. The number of ether oxygens (including phenoxy) is 3. The first-order valence-electron chi connectivity index (χ1n) is 7.37. The summed E-state index contributed by atoms with van der Waals surface area (Å²) in [7, 11) is 0. The smallest absolute Gasteiger partial charge is 0.283 e. The third-order valence-electron chi connectivity index (χ3n) is 3.24. The fourth-order valence-corrected chi connectivity index (χ4v) is 2.06. The topological polar surface area (TPSA) is 85.9 Å². The van der Waals surface area contributed by atoms with Gasteiger partial charge >= 0.3 is 0 Å². The number of hydrogen-bond acceptors (Lipinski definition) is 5. The van der Waals surface area contributed by atoms with Crippen LogP contribution >= 0.6 is 0 Å². The van der Waals surface area contributed by atoms with E-state index >= 15 is 0 Å². The number of amides is 2. The molecule has 0 aliphatic carbocycles. The van der Waals surface area contributed by atoms with Gasteiger partial charge in [-0.2, -0.15) is 0 Å². The van der Waals surface area contributed by atoms with E-state index in [1.165, 1.54) is 0 Å².